The highest BCUT2D eigenvalue weighted by Crippen LogP contribution is 2.23. The molecule has 2 heterocycles. The van der Waals surface area contributed by atoms with E-state index in [1.807, 2.05) is 0 Å². The van der Waals surface area contributed by atoms with E-state index in [0.717, 1.165) is 12.8 Å². The molecular formula is C18H22N2O5S. The Hall–Kier alpha value is -2.16. The topological polar surface area (TPSA) is 88.9 Å². The smallest absolute Gasteiger partial charge is 0.243 e. The molecule has 3 rings (SSSR count). The first kappa shape index (κ1) is 18.6. The molecule has 0 bridgehead atoms. The summed E-state index contributed by atoms with van der Waals surface area (Å²) in [5, 5.41) is 2.63. The Kier molecular flexibility index (Phi) is 5.75. The number of nitrogens with one attached hydrogen (secondary N) is 1. The molecule has 7 nitrogen and oxygen atoms in total. The number of rotatable bonds is 7. The number of hydrogen-bond donors (Lipinski definition) is 1. The van der Waals surface area contributed by atoms with E-state index in [2.05, 4.69) is 5.32 Å². The zero-order valence-corrected chi connectivity index (χ0v) is 15.4. The molecule has 0 radical (unpaired) electrons. The van der Waals surface area contributed by atoms with Gasteiger partial charge in [0.15, 0.2) is 0 Å². The lowest BCUT2D eigenvalue weighted by Gasteiger charge is -2.24. The van der Waals surface area contributed by atoms with Crippen molar-refractivity contribution in [1.82, 2.24) is 4.31 Å². The molecule has 0 saturated carbocycles. The minimum Gasteiger partial charge on any atom is -0.468 e. The second kappa shape index (κ2) is 8.03. The molecule has 0 aliphatic carbocycles. The summed E-state index contributed by atoms with van der Waals surface area (Å²) >= 11 is 0. The van der Waals surface area contributed by atoms with Gasteiger partial charge < -0.3 is 14.5 Å². The van der Waals surface area contributed by atoms with Gasteiger partial charge in [0.05, 0.1) is 23.8 Å². The average Bonchev–Trinajstić information content (AvgIpc) is 3.28. The van der Waals surface area contributed by atoms with Crippen LogP contribution in [-0.2, 0) is 26.1 Å². The van der Waals surface area contributed by atoms with Gasteiger partial charge >= 0.3 is 0 Å². The highest BCUT2D eigenvalue weighted by atomic mass is 32.2. The van der Waals surface area contributed by atoms with Crippen LogP contribution in [0.3, 0.4) is 0 Å². The van der Waals surface area contributed by atoms with Gasteiger partial charge in [-0.25, -0.2) is 8.42 Å². The van der Waals surface area contributed by atoms with Crippen molar-refractivity contribution in [3.8, 4) is 0 Å². The maximum Gasteiger partial charge on any atom is 0.243 e. The summed E-state index contributed by atoms with van der Waals surface area (Å²) in [4.78, 5) is 11.3. The van der Waals surface area contributed by atoms with Crippen molar-refractivity contribution in [3.05, 3.63) is 48.4 Å². The first-order chi connectivity index (χ1) is 12.4. The lowest BCUT2D eigenvalue weighted by Crippen LogP contribution is -2.36. The van der Waals surface area contributed by atoms with Crippen LogP contribution in [0.4, 0.5) is 5.69 Å². The number of carbonyl (C=O) groups is 1. The molecule has 0 unspecified atom stereocenters. The monoisotopic (exact) mass is 378 g/mol. The van der Waals surface area contributed by atoms with Gasteiger partial charge in [-0.2, -0.15) is 4.31 Å². The molecular weight excluding hydrogens is 356 g/mol. The van der Waals surface area contributed by atoms with E-state index in [1.54, 1.807) is 24.3 Å². The first-order valence-electron chi connectivity index (χ1n) is 8.47. The van der Waals surface area contributed by atoms with Crippen molar-refractivity contribution < 1.29 is 22.4 Å². The summed E-state index contributed by atoms with van der Waals surface area (Å²) < 4.78 is 38.6. The van der Waals surface area contributed by atoms with Crippen LogP contribution in [-0.4, -0.2) is 37.9 Å². The molecule has 1 aliphatic heterocycles. The summed E-state index contributed by atoms with van der Waals surface area (Å²) in [5.41, 5.74) is 0.549. The maximum absolute atomic E-state index is 13.1. The summed E-state index contributed by atoms with van der Waals surface area (Å²) in [5.74, 6) is 0.361. The number of anilines is 1. The summed E-state index contributed by atoms with van der Waals surface area (Å²) in [6.45, 7) is 2.47. The lowest BCUT2D eigenvalue weighted by molar-refractivity contribution is -0.114. The number of nitrogens with zero attached hydrogens (tertiary/aromatic N) is 1. The van der Waals surface area contributed by atoms with Crippen LogP contribution < -0.4 is 5.32 Å². The number of furan rings is 1. The molecule has 1 aromatic carbocycles. The van der Waals surface area contributed by atoms with Crippen molar-refractivity contribution in [1.29, 1.82) is 0 Å². The molecule has 1 amide bonds. The zero-order chi connectivity index (χ0) is 18.6. The molecule has 1 N–H and O–H groups in total. The van der Waals surface area contributed by atoms with Gasteiger partial charge in [-0.3, -0.25) is 4.79 Å². The van der Waals surface area contributed by atoms with E-state index in [0.29, 0.717) is 18.1 Å². The van der Waals surface area contributed by atoms with Crippen molar-refractivity contribution in [2.24, 2.45) is 0 Å². The zero-order valence-electron chi connectivity index (χ0n) is 14.6. The predicted molar refractivity (Wildman–Crippen MR) is 96.0 cm³/mol. The Morgan fingerprint density at radius 1 is 1.27 bits per heavy atom. The number of benzene rings is 1. The van der Waals surface area contributed by atoms with Crippen molar-refractivity contribution in [3.63, 3.8) is 0 Å². The van der Waals surface area contributed by atoms with Gasteiger partial charge in [0.2, 0.25) is 15.9 Å². The second-order valence-corrected chi connectivity index (χ2v) is 8.16. The summed E-state index contributed by atoms with van der Waals surface area (Å²) in [7, 11) is -3.73. The number of sulfonamides is 1. The SMILES string of the molecule is CC(=O)Nc1ccc(S(=O)(=O)N(Cc2ccco2)C[C@@H]2CCCO2)cc1. The number of hydrogen-bond acceptors (Lipinski definition) is 5. The van der Waals surface area contributed by atoms with Crippen LogP contribution in [0.15, 0.2) is 52.0 Å². The van der Waals surface area contributed by atoms with E-state index in [1.165, 1.54) is 29.6 Å². The molecule has 26 heavy (non-hydrogen) atoms. The molecule has 1 atom stereocenters. The third-order valence-electron chi connectivity index (χ3n) is 4.16. The van der Waals surface area contributed by atoms with Gasteiger partial charge in [-0.15, -0.1) is 0 Å². The van der Waals surface area contributed by atoms with E-state index in [4.69, 9.17) is 9.15 Å². The van der Waals surface area contributed by atoms with E-state index in [9.17, 15) is 13.2 Å². The Morgan fingerprint density at radius 2 is 2.04 bits per heavy atom. The molecule has 1 aromatic heterocycles. The molecule has 1 fully saturated rings. The highest BCUT2D eigenvalue weighted by molar-refractivity contribution is 7.89. The molecule has 8 heteroatoms. The quantitative estimate of drug-likeness (QED) is 0.800. The van der Waals surface area contributed by atoms with E-state index < -0.39 is 10.0 Å². The van der Waals surface area contributed by atoms with Crippen LogP contribution in [0.2, 0.25) is 0 Å². The van der Waals surface area contributed by atoms with Crippen molar-refractivity contribution in [2.45, 2.75) is 37.3 Å². The first-order valence-corrected chi connectivity index (χ1v) is 9.91. The minimum absolute atomic E-state index is 0.113. The summed E-state index contributed by atoms with van der Waals surface area (Å²) in [6, 6.07) is 9.61. The Bertz CT molecular complexity index is 825. The van der Waals surface area contributed by atoms with Gasteiger partial charge in [0.25, 0.3) is 0 Å². The van der Waals surface area contributed by atoms with Gasteiger partial charge in [-0.1, -0.05) is 0 Å². The van der Waals surface area contributed by atoms with Crippen LogP contribution >= 0.6 is 0 Å². The highest BCUT2D eigenvalue weighted by Gasteiger charge is 2.29. The Balaban J connectivity index is 1.83. The number of ether oxygens (including phenoxy) is 1. The van der Waals surface area contributed by atoms with E-state index >= 15 is 0 Å². The molecule has 140 valence electrons. The summed E-state index contributed by atoms with van der Waals surface area (Å²) in [6.07, 6.45) is 3.18. The number of amides is 1. The Morgan fingerprint density at radius 3 is 2.62 bits per heavy atom. The maximum atomic E-state index is 13.1. The molecule has 1 aliphatic rings. The van der Waals surface area contributed by atoms with E-state index in [-0.39, 0.29) is 30.0 Å². The third-order valence-corrected chi connectivity index (χ3v) is 5.98. The van der Waals surface area contributed by atoms with Crippen LogP contribution in [0.25, 0.3) is 0 Å². The second-order valence-electron chi connectivity index (χ2n) is 6.22. The Labute approximate surface area is 153 Å². The van der Waals surface area contributed by atoms with Gasteiger partial charge in [0.1, 0.15) is 5.76 Å². The number of carbonyl (C=O) groups excluding carboxylic acids is 1. The minimum atomic E-state index is -3.73. The average molecular weight is 378 g/mol. The van der Waals surface area contributed by atoms with Crippen LogP contribution in [0, 0.1) is 0 Å². The fourth-order valence-corrected chi connectivity index (χ4v) is 4.34. The fraction of sp³-hybridized carbons (Fsp3) is 0.389. The molecule has 2 aromatic rings. The van der Waals surface area contributed by atoms with Crippen molar-refractivity contribution in [2.75, 3.05) is 18.5 Å². The fourth-order valence-electron chi connectivity index (χ4n) is 2.90. The largest absolute Gasteiger partial charge is 0.468 e. The third kappa shape index (κ3) is 4.51. The van der Waals surface area contributed by atoms with Gasteiger partial charge in [0, 0.05) is 25.8 Å². The molecule has 0 spiro atoms. The van der Waals surface area contributed by atoms with Crippen LogP contribution in [0.1, 0.15) is 25.5 Å². The van der Waals surface area contributed by atoms with Gasteiger partial charge in [-0.05, 0) is 49.2 Å². The standard InChI is InChI=1S/C18H22N2O5S/c1-14(21)19-15-6-8-18(9-7-15)26(22,23)20(12-16-4-2-10-24-16)13-17-5-3-11-25-17/h2,4,6-10,17H,3,5,11-13H2,1H3,(H,19,21)/t17-/m0/s1. The molecule has 1 saturated heterocycles. The van der Waals surface area contributed by atoms with Crippen LogP contribution in [0.5, 0.6) is 0 Å². The normalized spacial score (nSPS) is 17.5. The van der Waals surface area contributed by atoms with Crippen molar-refractivity contribution >= 4 is 21.6 Å². The lowest BCUT2D eigenvalue weighted by atomic mass is 10.2. The predicted octanol–water partition coefficient (Wildman–Crippen LogP) is 2.61.